The van der Waals surface area contributed by atoms with Gasteiger partial charge in [0.15, 0.2) is 0 Å². The van der Waals surface area contributed by atoms with E-state index in [0.29, 0.717) is 4.99 Å². The number of aryl methyl sites for hydroxylation is 2. The van der Waals surface area contributed by atoms with Crippen LogP contribution in [0.5, 0.6) is 0 Å². The van der Waals surface area contributed by atoms with Crippen molar-refractivity contribution in [2.24, 2.45) is 11.7 Å². The minimum absolute atomic E-state index is 0.197. The summed E-state index contributed by atoms with van der Waals surface area (Å²) in [6, 6.07) is 0. The number of aromatic nitrogens is 2. The van der Waals surface area contributed by atoms with Crippen LogP contribution in [0.4, 0.5) is 0 Å². The number of halogens is 1. The van der Waals surface area contributed by atoms with E-state index >= 15 is 0 Å². The van der Waals surface area contributed by atoms with Crippen molar-refractivity contribution in [1.29, 1.82) is 0 Å². The molecule has 2 N–H and O–H groups in total. The maximum Gasteiger partial charge on any atom is 0.0863 e. The standard InChI is InChI=1S/C13H23ClN4S/c1-5-10-12(14)11(18(6-2)16-10)8-17(4)7-9(3)13(15)19/h9H,5-8H2,1-4H3,(H2,15,19). The smallest absolute Gasteiger partial charge is 0.0863 e. The highest BCUT2D eigenvalue weighted by Crippen LogP contribution is 2.23. The van der Waals surface area contributed by atoms with Gasteiger partial charge in [0.2, 0.25) is 0 Å². The molecule has 1 aromatic heterocycles. The van der Waals surface area contributed by atoms with Gasteiger partial charge in [0.25, 0.3) is 0 Å². The molecule has 6 heteroatoms. The first-order chi connectivity index (χ1) is 8.90. The molecule has 0 saturated heterocycles. The van der Waals surface area contributed by atoms with Crippen molar-refractivity contribution in [3.8, 4) is 0 Å². The van der Waals surface area contributed by atoms with Crippen LogP contribution in [0.15, 0.2) is 0 Å². The van der Waals surface area contributed by atoms with E-state index in [-0.39, 0.29) is 5.92 Å². The van der Waals surface area contributed by atoms with Gasteiger partial charge in [-0.3, -0.25) is 9.58 Å². The Morgan fingerprint density at radius 1 is 1.53 bits per heavy atom. The van der Waals surface area contributed by atoms with Gasteiger partial charge in [-0.2, -0.15) is 5.10 Å². The van der Waals surface area contributed by atoms with Gasteiger partial charge in [-0.15, -0.1) is 0 Å². The van der Waals surface area contributed by atoms with Crippen LogP contribution in [-0.4, -0.2) is 33.3 Å². The molecule has 0 amide bonds. The fourth-order valence-corrected chi connectivity index (χ4v) is 2.45. The van der Waals surface area contributed by atoms with Crippen LogP contribution in [0.2, 0.25) is 5.02 Å². The van der Waals surface area contributed by atoms with Gasteiger partial charge in [0.05, 0.1) is 21.4 Å². The van der Waals surface area contributed by atoms with E-state index in [1.54, 1.807) is 0 Å². The lowest BCUT2D eigenvalue weighted by atomic mass is 10.1. The highest BCUT2D eigenvalue weighted by Gasteiger charge is 2.17. The number of hydrogen-bond acceptors (Lipinski definition) is 3. The Morgan fingerprint density at radius 3 is 2.63 bits per heavy atom. The van der Waals surface area contributed by atoms with E-state index in [1.807, 2.05) is 18.7 Å². The molecular weight excluding hydrogens is 280 g/mol. The minimum Gasteiger partial charge on any atom is -0.393 e. The Kier molecular flexibility index (Phi) is 6.23. The average Bonchev–Trinajstić information content (AvgIpc) is 2.66. The Balaban J connectivity index is 2.81. The van der Waals surface area contributed by atoms with Gasteiger partial charge in [-0.05, 0) is 20.4 Å². The first-order valence-corrected chi connectivity index (χ1v) is 7.41. The van der Waals surface area contributed by atoms with Crippen LogP contribution in [0.25, 0.3) is 0 Å². The summed E-state index contributed by atoms with van der Waals surface area (Å²) >= 11 is 11.4. The second-order valence-electron chi connectivity index (χ2n) is 4.88. The molecule has 1 unspecified atom stereocenters. The zero-order chi connectivity index (χ0) is 14.6. The molecular formula is C13H23ClN4S. The molecule has 1 rings (SSSR count). The highest BCUT2D eigenvalue weighted by molar-refractivity contribution is 7.80. The first kappa shape index (κ1) is 16.4. The third-order valence-electron chi connectivity index (χ3n) is 3.19. The molecule has 108 valence electrons. The molecule has 0 fully saturated rings. The second-order valence-corrected chi connectivity index (χ2v) is 5.73. The zero-order valence-corrected chi connectivity index (χ0v) is 13.7. The van der Waals surface area contributed by atoms with Crippen molar-refractivity contribution in [1.82, 2.24) is 14.7 Å². The summed E-state index contributed by atoms with van der Waals surface area (Å²) < 4.78 is 1.98. The number of thiocarbonyl (C=S) groups is 1. The summed E-state index contributed by atoms with van der Waals surface area (Å²) in [5, 5.41) is 5.31. The predicted octanol–water partition coefficient (Wildman–Crippen LogP) is 2.47. The van der Waals surface area contributed by atoms with E-state index in [0.717, 1.165) is 42.5 Å². The molecule has 1 atom stereocenters. The molecule has 1 heterocycles. The van der Waals surface area contributed by atoms with Crippen molar-refractivity contribution < 1.29 is 0 Å². The van der Waals surface area contributed by atoms with Gasteiger partial charge < -0.3 is 5.73 Å². The predicted molar refractivity (Wildman–Crippen MR) is 84.6 cm³/mol. The topological polar surface area (TPSA) is 47.1 Å². The molecule has 0 aliphatic heterocycles. The molecule has 0 spiro atoms. The minimum atomic E-state index is 0.197. The Bertz CT molecular complexity index is 444. The van der Waals surface area contributed by atoms with Crippen molar-refractivity contribution in [2.45, 2.75) is 40.3 Å². The van der Waals surface area contributed by atoms with Crippen LogP contribution in [0.1, 0.15) is 32.2 Å². The second kappa shape index (κ2) is 7.22. The fraction of sp³-hybridized carbons (Fsp3) is 0.692. The normalized spacial score (nSPS) is 12.9. The molecule has 4 nitrogen and oxygen atoms in total. The van der Waals surface area contributed by atoms with E-state index < -0.39 is 0 Å². The highest BCUT2D eigenvalue weighted by atomic mass is 35.5. The lowest BCUT2D eigenvalue weighted by molar-refractivity contribution is 0.297. The summed E-state index contributed by atoms with van der Waals surface area (Å²) in [5.74, 6) is 0.197. The van der Waals surface area contributed by atoms with Gasteiger partial charge in [0.1, 0.15) is 0 Å². The van der Waals surface area contributed by atoms with Gasteiger partial charge in [-0.1, -0.05) is 37.7 Å². The van der Waals surface area contributed by atoms with Crippen LogP contribution >= 0.6 is 23.8 Å². The molecule has 0 aliphatic rings. The third-order valence-corrected chi connectivity index (χ3v) is 4.02. The van der Waals surface area contributed by atoms with Crippen molar-refractivity contribution in [3.63, 3.8) is 0 Å². The summed E-state index contributed by atoms with van der Waals surface area (Å²) in [6.45, 7) is 8.58. The molecule has 0 radical (unpaired) electrons. The lowest BCUT2D eigenvalue weighted by Crippen LogP contribution is -2.31. The lowest BCUT2D eigenvalue weighted by Gasteiger charge is -2.21. The van der Waals surface area contributed by atoms with Crippen LogP contribution < -0.4 is 5.73 Å². The monoisotopic (exact) mass is 302 g/mol. The van der Waals surface area contributed by atoms with Crippen LogP contribution in [-0.2, 0) is 19.5 Å². The maximum atomic E-state index is 6.39. The number of nitrogens with zero attached hydrogens (tertiary/aromatic N) is 3. The van der Waals surface area contributed by atoms with Crippen LogP contribution in [0.3, 0.4) is 0 Å². The van der Waals surface area contributed by atoms with Crippen LogP contribution in [0, 0.1) is 5.92 Å². The van der Waals surface area contributed by atoms with E-state index in [4.69, 9.17) is 29.6 Å². The molecule has 0 saturated carbocycles. The summed E-state index contributed by atoms with van der Waals surface area (Å²) in [7, 11) is 2.05. The summed E-state index contributed by atoms with van der Waals surface area (Å²) in [6.07, 6.45) is 0.853. The Morgan fingerprint density at radius 2 is 2.16 bits per heavy atom. The quantitative estimate of drug-likeness (QED) is 0.786. The van der Waals surface area contributed by atoms with Crippen molar-refractivity contribution >= 4 is 28.8 Å². The fourth-order valence-electron chi connectivity index (χ4n) is 2.05. The molecule has 0 aliphatic carbocycles. The third kappa shape index (κ3) is 4.16. The van der Waals surface area contributed by atoms with Crippen molar-refractivity contribution in [3.05, 3.63) is 16.4 Å². The van der Waals surface area contributed by atoms with E-state index in [2.05, 4.69) is 23.8 Å². The Hall–Kier alpha value is -0.650. The number of nitrogens with two attached hydrogens (primary N) is 1. The SMILES string of the molecule is CCc1nn(CC)c(CN(C)CC(C)C(N)=S)c1Cl. The number of rotatable bonds is 7. The molecule has 1 aromatic rings. The van der Waals surface area contributed by atoms with Gasteiger partial charge in [0, 0.05) is 25.6 Å². The molecule has 0 aromatic carbocycles. The average molecular weight is 303 g/mol. The summed E-state index contributed by atoms with van der Waals surface area (Å²) in [5.41, 5.74) is 7.69. The maximum absolute atomic E-state index is 6.39. The summed E-state index contributed by atoms with van der Waals surface area (Å²) in [4.78, 5) is 2.73. The van der Waals surface area contributed by atoms with Gasteiger partial charge in [-0.25, -0.2) is 0 Å². The van der Waals surface area contributed by atoms with E-state index in [9.17, 15) is 0 Å². The molecule has 0 bridgehead atoms. The van der Waals surface area contributed by atoms with Gasteiger partial charge >= 0.3 is 0 Å². The van der Waals surface area contributed by atoms with E-state index in [1.165, 1.54) is 0 Å². The van der Waals surface area contributed by atoms with Crippen molar-refractivity contribution in [2.75, 3.05) is 13.6 Å². The largest absolute Gasteiger partial charge is 0.393 e. The number of hydrogen-bond donors (Lipinski definition) is 1. The first-order valence-electron chi connectivity index (χ1n) is 6.62. The zero-order valence-electron chi connectivity index (χ0n) is 12.1. The Labute approximate surface area is 125 Å². The molecule has 19 heavy (non-hydrogen) atoms.